The molecule has 3 amide bonds. The summed E-state index contributed by atoms with van der Waals surface area (Å²) in [6.07, 6.45) is 2.70. The number of carbonyl (C=O) groups excluding carboxylic acids is 3. The Kier molecular flexibility index (Phi) is 8.87. The fourth-order valence-corrected chi connectivity index (χ4v) is 4.67. The van der Waals surface area contributed by atoms with E-state index in [-0.39, 0.29) is 35.7 Å². The summed E-state index contributed by atoms with van der Waals surface area (Å²) in [5, 5.41) is 5.84. The van der Waals surface area contributed by atoms with Gasteiger partial charge < -0.3 is 20.4 Å². The third kappa shape index (κ3) is 7.82. The van der Waals surface area contributed by atoms with Gasteiger partial charge in [0, 0.05) is 44.2 Å². The van der Waals surface area contributed by atoms with Crippen LogP contribution in [0.1, 0.15) is 41.6 Å². The Morgan fingerprint density at radius 2 is 1.57 bits per heavy atom. The molecule has 1 saturated carbocycles. The maximum atomic E-state index is 13.3. The molecule has 0 spiro atoms. The van der Waals surface area contributed by atoms with Gasteiger partial charge in [-0.1, -0.05) is 12.1 Å². The second-order valence-electron chi connectivity index (χ2n) is 10.1. The summed E-state index contributed by atoms with van der Waals surface area (Å²) >= 11 is 0. The monoisotopic (exact) mass is 512 g/mol. The lowest BCUT2D eigenvalue weighted by Crippen LogP contribution is -2.54. The van der Waals surface area contributed by atoms with Crippen LogP contribution in [0.2, 0.25) is 0 Å². The zero-order chi connectivity index (χ0) is 26.4. The van der Waals surface area contributed by atoms with E-state index in [2.05, 4.69) is 15.5 Å². The quantitative estimate of drug-likeness (QED) is 0.513. The van der Waals surface area contributed by atoms with E-state index < -0.39 is 17.8 Å². The van der Waals surface area contributed by atoms with Crippen molar-refractivity contribution in [2.75, 3.05) is 33.2 Å². The van der Waals surface area contributed by atoms with Crippen LogP contribution in [0.4, 0.5) is 8.78 Å². The van der Waals surface area contributed by atoms with Crippen molar-refractivity contribution in [2.45, 2.75) is 44.2 Å². The smallest absolute Gasteiger partial charge is 0.251 e. The number of rotatable bonds is 10. The molecule has 3 atom stereocenters. The van der Waals surface area contributed by atoms with Gasteiger partial charge >= 0.3 is 0 Å². The SMILES string of the molecule is CN1CCN(C(=O)C(CCCC(=O)NC2CC2Cc2ccc(F)cc2)NC(=O)c2ccc(F)cc2)CC1. The minimum Gasteiger partial charge on any atom is -0.353 e. The highest BCUT2D eigenvalue weighted by Gasteiger charge is 2.38. The van der Waals surface area contributed by atoms with Gasteiger partial charge in [0.2, 0.25) is 11.8 Å². The van der Waals surface area contributed by atoms with Crippen LogP contribution in [0.25, 0.3) is 0 Å². The molecule has 1 aliphatic carbocycles. The molecule has 0 radical (unpaired) electrons. The van der Waals surface area contributed by atoms with Crippen LogP contribution in [-0.4, -0.2) is 72.8 Å². The highest BCUT2D eigenvalue weighted by atomic mass is 19.1. The van der Waals surface area contributed by atoms with Gasteiger partial charge in [0.05, 0.1) is 0 Å². The van der Waals surface area contributed by atoms with Crippen molar-refractivity contribution in [1.82, 2.24) is 20.4 Å². The fraction of sp³-hybridized carbons (Fsp3) is 0.464. The lowest BCUT2D eigenvalue weighted by atomic mass is 10.1. The maximum absolute atomic E-state index is 13.3. The molecular weight excluding hydrogens is 478 g/mol. The molecule has 1 heterocycles. The van der Waals surface area contributed by atoms with E-state index in [9.17, 15) is 23.2 Å². The number of benzene rings is 2. The largest absolute Gasteiger partial charge is 0.353 e. The second kappa shape index (κ2) is 12.3. The molecule has 2 N–H and O–H groups in total. The third-order valence-corrected chi connectivity index (χ3v) is 7.10. The van der Waals surface area contributed by atoms with Crippen LogP contribution in [0.5, 0.6) is 0 Å². The van der Waals surface area contributed by atoms with Crippen molar-refractivity contribution in [3.8, 4) is 0 Å². The van der Waals surface area contributed by atoms with Gasteiger partial charge in [-0.2, -0.15) is 0 Å². The van der Waals surface area contributed by atoms with E-state index in [1.807, 2.05) is 7.05 Å². The van der Waals surface area contributed by atoms with Crippen LogP contribution in [0, 0.1) is 17.6 Å². The number of hydrogen-bond donors (Lipinski definition) is 2. The Balaban J connectivity index is 1.27. The zero-order valence-electron chi connectivity index (χ0n) is 21.1. The van der Waals surface area contributed by atoms with Gasteiger partial charge in [0.15, 0.2) is 0 Å². The Labute approximate surface area is 216 Å². The number of carbonyl (C=O) groups is 3. The minimum absolute atomic E-state index is 0.0812. The molecule has 7 nitrogen and oxygen atoms in total. The summed E-state index contributed by atoms with van der Waals surface area (Å²) < 4.78 is 26.3. The summed E-state index contributed by atoms with van der Waals surface area (Å²) in [6, 6.07) is 10.9. The highest BCUT2D eigenvalue weighted by molar-refractivity contribution is 5.97. The van der Waals surface area contributed by atoms with Gasteiger partial charge in [0.25, 0.3) is 5.91 Å². The topological polar surface area (TPSA) is 81.8 Å². The molecule has 2 fully saturated rings. The summed E-state index contributed by atoms with van der Waals surface area (Å²) in [6.45, 7) is 2.67. The molecule has 2 aromatic carbocycles. The van der Waals surface area contributed by atoms with Gasteiger partial charge in [0.1, 0.15) is 17.7 Å². The first-order valence-corrected chi connectivity index (χ1v) is 12.9. The van der Waals surface area contributed by atoms with Crippen molar-refractivity contribution < 1.29 is 23.2 Å². The van der Waals surface area contributed by atoms with Gasteiger partial charge in [-0.3, -0.25) is 14.4 Å². The molecule has 0 bridgehead atoms. The number of nitrogens with one attached hydrogen (secondary N) is 2. The van der Waals surface area contributed by atoms with E-state index in [0.717, 1.165) is 31.5 Å². The molecule has 0 aromatic heterocycles. The zero-order valence-corrected chi connectivity index (χ0v) is 21.1. The molecule has 4 rings (SSSR count). The van der Waals surface area contributed by atoms with E-state index in [0.29, 0.717) is 31.8 Å². The Hall–Kier alpha value is -3.33. The molecular formula is C28H34F2N4O3. The molecule has 9 heteroatoms. The van der Waals surface area contributed by atoms with Gasteiger partial charge in [-0.15, -0.1) is 0 Å². The molecule has 198 valence electrons. The summed E-state index contributed by atoms with van der Waals surface area (Å²) in [4.78, 5) is 42.4. The van der Waals surface area contributed by atoms with E-state index in [4.69, 9.17) is 0 Å². The normalized spacial score (nSPS) is 20.2. The van der Waals surface area contributed by atoms with Crippen LogP contribution in [0.3, 0.4) is 0 Å². The summed E-state index contributed by atoms with van der Waals surface area (Å²) in [5.74, 6) is -1.05. The Bertz CT molecular complexity index is 1090. The number of nitrogens with zero attached hydrogens (tertiary/aromatic N) is 2. The molecule has 2 aromatic rings. The molecule has 3 unspecified atom stereocenters. The van der Waals surface area contributed by atoms with Crippen LogP contribution in [-0.2, 0) is 16.0 Å². The van der Waals surface area contributed by atoms with Crippen molar-refractivity contribution in [1.29, 1.82) is 0 Å². The van der Waals surface area contributed by atoms with Crippen molar-refractivity contribution in [3.05, 3.63) is 71.3 Å². The molecule has 2 aliphatic rings. The van der Waals surface area contributed by atoms with Crippen molar-refractivity contribution in [2.24, 2.45) is 5.92 Å². The highest BCUT2D eigenvalue weighted by Crippen LogP contribution is 2.34. The van der Waals surface area contributed by atoms with E-state index >= 15 is 0 Å². The number of amides is 3. The Morgan fingerprint density at radius 1 is 0.946 bits per heavy atom. The standard InChI is InChI=1S/C28H34F2N4O3/c1-33-13-15-34(16-14-33)28(37)24(32-27(36)20-7-11-23(30)12-8-20)3-2-4-26(35)31-25-18-21(25)17-19-5-9-22(29)10-6-19/h5-12,21,24-25H,2-4,13-18H2,1H3,(H,31,35)(H,32,36). The number of halogens is 2. The molecule has 1 saturated heterocycles. The summed E-state index contributed by atoms with van der Waals surface area (Å²) in [7, 11) is 2.00. The minimum atomic E-state index is -0.763. The van der Waals surface area contributed by atoms with Gasteiger partial charge in [-0.25, -0.2) is 8.78 Å². The summed E-state index contributed by atoms with van der Waals surface area (Å²) in [5.41, 5.74) is 1.32. The first-order valence-electron chi connectivity index (χ1n) is 12.9. The first-order chi connectivity index (χ1) is 17.8. The number of piperazine rings is 1. The Morgan fingerprint density at radius 3 is 2.22 bits per heavy atom. The molecule has 37 heavy (non-hydrogen) atoms. The van der Waals surface area contributed by atoms with Crippen LogP contribution in [0.15, 0.2) is 48.5 Å². The van der Waals surface area contributed by atoms with Gasteiger partial charge in [-0.05, 0) is 80.6 Å². The molecule has 1 aliphatic heterocycles. The average molecular weight is 513 g/mol. The van der Waals surface area contributed by atoms with E-state index in [1.54, 1.807) is 17.0 Å². The predicted molar refractivity (Wildman–Crippen MR) is 136 cm³/mol. The van der Waals surface area contributed by atoms with Crippen LogP contribution >= 0.6 is 0 Å². The number of hydrogen-bond acceptors (Lipinski definition) is 4. The average Bonchev–Trinajstić information content (AvgIpc) is 3.61. The second-order valence-corrected chi connectivity index (χ2v) is 10.1. The van der Waals surface area contributed by atoms with Crippen LogP contribution < -0.4 is 10.6 Å². The maximum Gasteiger partial charge on any atom is 0.251 e. The lowest BCUT2D eigenvalue weighted by molar-refractivity contribution is -0.135. The van der Waals surface area contributed by atoms with E-state index in [1.165, 1.54) is 36.4 Å². The van der Waals surface area contributed by atoms with Crippen molar-refractivity contribution in [3.63, 3.8) is 0 Å². The first kappa shape index (κ1) is 26.7. The van der Waals surface area contributed by atoms with Crippen molar-refractivity contribution >= 4 is 17.7 Å². The lowest BCUT2D eigenvalue weighted by Gasteiger charge is -2.34. The number of likely N-dealkylation sites (N-methyl/N-ethyl adjacent to an activating group) is 1. The predicted octanol–water partition coefficient (Wildman–Crippen LogP) is 2.75. The fourth-order valence-electron chi connectivity index (χ4n) is 4.67. The third-order valence-electron chi connectivity index (χ3n) is 7.10.